The summed E-state index contributed by atoms with van der Waals surface area (Å²) in [6.07, 6.45) is 4.33. The Labute approximate surface area is 117 Å². The molecule has 0 fully saturated rings. The lowest BCUT2D eigenvalue weighted by molar-refractivity contribution is -0.00000277. The molecule has 102 valence electrons. The molecule has 2 rings (SSSR count). The number of hydrogen-bond acceptors (Lipinski definition) is 1. The molecule has 0 saturated heterocycles. The molecule has 0 amide bonds. The van der Waals surface area contributed by atoms with Gasteiger partial charge in [0.05, 0.1) is 0 Å². The predicted molar refractivity (Wildman–Crippen MR) is 81.6 cm³/mol. The van der Waals surface area contributed by atoms with E-state index in [4.69, 9.17) is 11.6 Å². The lowest BCUT2D eigenvalue weighted by Gasteiger charge is -2.11. The summed E-state index contributed by atoms with van der Waals surface area (Å²) >= 11 is 5.47. The summed E-state index contributed by atoms with van der Waals surface area (Å²) in [5, 5.41) is 3.47. The molecule has 1 atom stereocenters. The summed E-state index contributed by atoms with van der Waals surface area (Å²) in [6, 6.07) is 9.16. The van der Waals surface area contributed by atoms with Gasteiger partial charge in [0.2, 0.25) is 0 Å². The van der Waals surface area contributed by atoms with Gasteiger partial charge in [0, 0.05) is 32.4 Å². The van der Waals surface area contributed by atoms with Crippen LogP contribution in [0.25, 0.3) is 0 Å². The van der Waals surface area contributed by atoms with Crippen molar-refractivity contribution in [3.05, 3.63) is 47.0 Å². The van der Waals surface area contributed by atoms with Gasteiger partial charge in [-0.1, -0.05) is 41.9 Å². The van der Waals surface area contributed by atoms with Gasteiger partial charge in [-0.2, -0.15) is 0 Å². The van der Waals surface area contributed by atoms with Gasteiger partial charge in [0.15, 0.2) is 0 Å². The van der Waals surface area contributed by atoms with Crippen LogP contribution in [0.4, 0.5) is 0 Å². The maximum atomic E-state index is 5.47. The third-order valence-corrected chi connectivity index (χ3v) is 2.88. The van der Waals surface area contributed by atoms with Crippen LogP contribution in [0.15, 0.2) is 35.9 Å². The summed E-state index contributed by atoms with van der Waals surface area (Å²) in [7, 11) is 0. The largest absolute Gasteiger partial charge is 1.00 e. The number of nitrogens with one attached hydrogen (secondary N) is 1. The van der Waals surface area contributed by atoms with Gasteiger partial charge in [-0.05, 0) is 24.0 Å². The molecular weight excluding hydrogens is 229 g/mol. The summed E-state index contributed by atoms with van der Waals surface area (Å²) in [4.78, 5) is 0. The molecule has 1 aliphatic rings. The molecule has 3 heteroatoms. The third kappa shape index (κ3) is 2.97. The second-order valence-corrected chi connectivity index (χ2v) is 3.81. The first-order valence-corrected chi connectivity index (χ1v) is 5.42. The van der Waals surface area contributed by atoms with E-state index in [-0.39, 0.29) is 26.7 Å². The van der Waals surface area contributed by atoms with E-state index in [0.29, 0.717) is 6.04 Å². The molecule has 1 aromatic rings. The van der Waals surface area contributed by atoms with Gasteiger partial charge in [-0.15, -0.1) is 0 Å². The van der Waals surface area contributed by atoms with Crippen LogP contribution in [0.2, 0.25) is 0 Å². The lowest BCUT2D eigenvalue weighted by atomic mass is 10.1. The molecule has 1 aromatic carbocycles. The molecule has 1 aliphatic carbocycles. The van der Waals surface area contributed by atoms with E-state index in [1.54, 1.807) is 5.54 Å². The van der Waals surface area contributed by atoms with Crippen molar-refractivity contribution in [1.82, 2.24) is 5.32 Å². The Kier molecular flexibility index (Phi) is 5.16. The van der Waals surface area contributed by atoms with Gasteiger partial charge in [0.1, 0.15) is 0 Å². The molecular formula is C12H34Cl2N-. The number of hydrogen-bond donors (Lipinski definition) is 1. The van der Waals surface area contributed by atoms with Crippen LogP contribution in [0, 0.1) is 0 Å². The second kappa shape index (κ2) is 6.16. The maximum Gasteiger partial charge on any atom is 0.0328 e. The Bertz CT molecular complexity index is 360. The zero-order chi connectivity index (χ0) is 9.80. The summed E-state index contributed by atoms with van der Waals surface area (Å²) in [5.74, 6) is 0. The van der Waals surface area contributed by atoms with Gasteiger partial charge >= 0.3 is 0 Å². The molecule has 0 heterocycles. The minimum atomic E-state index is 0. The molecule has 0 radical (unpaired) electrons. The quantitative estimate of drug-likeness (QED) is 0.883. The molecule has 0 spiro atoms. The Morgan fingerprint density at radius 1 is 1.47 bits per heavy atom. The Hall–Kier alpha value is -0.500. The van der Waals surface area contributed by atoms with Crippen molar-refractivity contribution in [2.24, 2.45) is 0 Å². The van der Waals surface area contributed by atoms with E-state index in [9.17, 15) is 0 Å². The fourth-order valence-corrected chi connectivity index (χ4v) is 2.11. The van der Waals surface area contributed by atoms with Crippen molar-refractivity contribution in [3.8, 4) is 0 Å². The lowest BCUT2D eigenvalue weighted by Crippen LogP contribution is -3.00. The fraction of sp³-hybridized carbons (Fsp3) is 0.333. The third-order valence-electron chi connectivity index (χ3n) is 2.70. The van der Waals surface area contributed by atoms with Gasteiger partial charge in [0.25, 0.3) is 0 Å². The molecule has 0 aromatic heterocycles. The van der Waals surface area contributed by atoms with Crippen molar-refractivity contribution in [1.29, 1.82) is 0 Å². The van der Waals surface area contributed by atoms with E-state index in [2.05, 4.69) is 29.6 Å². The highest BCUT2D eigenvalue weighted by molar-refractivity contribution is 6.25. The summed E-state index contributed by atoms with van der Waals surface area (Å²) < 4.78 is 0. The number of rotatable bonds is 3. The number of benzene rings is 1. The summed E-state index contributed by atoms with van der Waals surface area (Å²) in [5.41, 5.74) is 4.50. The highest BCUT2D eigenvalue weighted by atomic mass is 35.5. The normalized spacial score (nSPS) is 18.9. The average Bonchev–Trinajstić information content (AvgIpc) is 2.63. The Morgan fingerprint density at radius 2 is 2.27 bits per heavy atom. The van der Waals surface area contributed by atoms with Crippen LogP contribution in [-0.2, 0) is 6.42 Å². The molecule has 0 bridgehead atoms. The number of aryl methyl sites for hydroxylation is 1. The minimum absolute atomic E-state index is 0. The van der Waals surface area contributed by atoms with E-state index >= 15 is 0 Å². The Morgan fingerprint density at radius 3 is 3.07 bits per heavy atom. The van der Waals surface area contributed by atoms with Crippen LogP contribution < -0.4 is 17.7 Å². The van der Waals surface area contributed by atoms with Gasteiger partial charge in [-0.25, -0.2) is 0 Å². The minimum Gasteiger partial charge on any atom is -1.00 e. The smallest absolute Gasteiger partial charge is 0.0328 e. The van der Waals surface area contributed by atoms with Crippen molar-refractivity contribution < 1.29 is 26.7 Å². The van der Waals surface area contributed by atoms with Crippen molar-refractivity contribution in [2.75, 3.05) is 6.54 Å². The van der Waals surface area contributed by atoms with E-state index in [1.807, 2.05) is 6.08 Å². The van der Waals surface area contributed by atoms with Crippen LogP contribution >= 0.6 is 11.6 Å². The highest BCUT2D eigenvalue weighted by Gasteiger charge is 2.20. The van der Waals surface area contributed by atoms with Crippen molar-refractivity contribution >= 4 is 11.6 Å². The molecule has 0 aliphatic heterocycles. The van der Waals surface area contributed by atoms with Crippen LogP contribution in [0.5, 0.6) is 0 Å². The van der Waals surface area contributed by atoms with E-state index in [0.717, 1.165) is 6.54 Å². The van der Waals surface area contributed by atoms with Crippen molar-refractivity contribution in [2.45, 2.75) is 18.9 Å². The topological polar surface area (TPSA) is 12.0 Å². The summed E-state index contributed by atoms with van der Waals surface area (Å²) in [6.45, 7) is 0.850. The second-order valence-electron chi connectivity index (χ2n) is 3.56. The van der Waals surface area contributed by atoms with E-state index in [1.165, 1.54) is 24.0 Å². The predicted octanol–water partition coefficient (Wildman–Crippen LogP) is 2.48. The zero-order valence-corrected chi connectivity index (χ0v) is 9.93. The Balaban J connectivity index is -0.0000000256. The van der Waals surface area contributed by atoms with Gasteiger partial charge < -0.3 is 17.7 Å². The first-order valence-electron chi connectivity index (χ1n) is 4.98. The first-order chi connectivity index (χ1) is 6.92. The van der Waals surface area contributed by atoms with E-state index < -0.39 is 0 Å². The highest BCUT2D eigenvalue weighted by Crippen LogP contribution is 2.30. The molecule has 0 saturated carbocycles. The molecule has 15 heavy (non-hydrogen) atoms. The van der Waals surface area contributed by atoms with Gasteiger partial charge in [-0.3, -0.25) is 0 Å². The standard InChI is InChI=1S/C12H14ClN.ClH.10H2/c13-8-3-9-14-12-7-6-10-4-1-2-5-11(10)12;;;;;;;;;;;/h1-5,8,12,14H,6-7,9H2;11*1H/p-1/b8-3+;;;;;;;;;;;. The van der Waals surface area contributed by atoms with Crippen LogP contribution in [0.1, 0.15) is 37.9 Å². The molecule has 1 unspecified atom stereocenters. The number of halogens is 2. The average molecular weight is 263 g/mol. The van der Waals surface area contributed by atoms with Crippen molar-refractivity contribution in [3.63, 3.8) is 0 Å². The SMILES string of the molecule is Cl/C=C/CNC1CCc2ccccc21.[Cl-].[HH].[HH].[HH].[HH].[HH].[HH].[HH].[HH].[HH].[HH]. The fourth-order valence-electron chi connectivity index (χ4n) is 2.02. The molecule has 1 N–H and O–H groups in total. The molecule has 1 nitrogen and oxygen atoms in total. The van der Waals surface area contributed by atoms with Crippen LogP contribution in [0.3, 0.4) is 0 Å². The number of fused-ring (bicyclic) bond motifs is 1. The van der Waals surface area contributed by atoms with Crippen LogP contribution in [-0.4, -0.2) is 6.54 Å². The zero-order valence-electron chi connectivity index (χ0n) is 8.42. The first kappa shape index (κ1) is 12.6. The monoisotopic (exact) mass is 262 g/mol. The maximum absolute atomic E-state index is 5.47.